The van der Waals surface area contributed by atoms with Crippen molar-refractivity contribution in [2.45, 2.75) is 12.6 Å². The third-order valence-electron chi connectivity index (χ3n) is 2.77. The third-order valence-corrected chi connectivity index (χ3v) is 3.62. The predicted molar refractivity (Wildman–Crippen MR) is 74.6 cm³/mol. The number of imide groups is 1. The minimum absolute atomic E-state index is 0.00839. The lowest BCUT2D eigenvalue weighted by atomic mass is 10.1. The number of carbonyl (C=O) groups excluding carboxylic acids is 2. The molecule has 0 atom stereocenters. The quantitative estimate of drug-likeness (QED) is 0.580. The van der Waals surface area contributed by atoms with Gasteiger partial charge in [-0.15, -0.1) is 0 Å². The molecule has 106 valence electrons. The molecule has 0 fully saturated rings. The van der Waals surface area contributed by atoms with E-state index in [9.17, 15) is 22.8 Å². The fourth-order valence-electron chi connectivity index (χ4n) is 1.91. The Labute approximate surface area is 126 Å². The fraction of sp³-hybridized carbons (Fsp3) is 0.231. The number of alkyl halides is 3. The third kappa shape index (κ3) is 3.20. The molecule has 1 aromatic carbocycles. The number of benzene rings is 1. The van der Waals surface area contributed by atoms with Gasteiger partial charge >= 0.3 is 6.18 Å². The average molecular weight is 395 g/mol. The minimum Gasteiger partial charge on any atom is -0.274 e. The Morgan fingerprint density at radius 1 is 1.15 bits per heavy atom. The first-order chi connectivity index (χ1) is 9.29. The molecule has 1 aliphatic heterocycles. The molecule has 0 saturated carbocycles. The highest BCUT2D eigenvalue weighted by Crippen LogP contribution is 2.26. The Balaban J connectivity index is 2.08. The van der Waals surface area contributed by atoms with Crippen LogP contribution in [0.4, 0.5) is 13.2 Å². The van der Waals surface area contributed by atoms with Crippen molar-refractivity contribution >= 4 is 34.4 Å². The second kappa shape index (κ2) is 5.55. The Bertz CT molecular complexity index is 561. The second-order valence-electron chi connectivity index (χ2n) is 4.19. The molecule has 0 aliphatic carbocycles. The molecular formula is C13H9F3INO2. The largest absolute Gasteiger partial charge is 0.410 e. The summed E-state index contributed by atoms with van der Waals surface area (Å²) >= 11 is 1.56. The van der Waals surface area contributed by atoms with Crippen LogP contribution in [0.2, 0.25) is 0 Å². The Morgan fingerprint density at radius 3 is 2.10 bits per heavy atom. The summed E-state index contributed by atoms with van der Waals surface area (Å²) in [5.74, 6) is -0.913. The standard InChI is InChI=1S/C13H9F3INO2/c14-13(15,16)7-8(17)5-6-18-11(19)9-3-1-2-4-10(9)12(18)20/h1-4,7H,5-6H2. The van der Waals surface area contributed by atoms with Crippen LogP contribution in [0.3, 0.4) is 0 Å². The molecule has 1 aromatic rings. The maximum atomic E-state index is 12.1. The molecule has 0 aromatic heterocycles. The molecule has 3 nitrogen and oxygen atoms in total. The van der Waals surface area contributed by atoms with Crippen molar-refractivity contribution in [2.75, 3.05) is 6.54 Å². The summed E-state index contributed by atoms with van der Waals surface area (Å²) < 4.78 is 36.5. The van der Waals surface area contributed by atoms with Gasteiger partial charge in [0.25, 0.3) is 11.8 Å². The van der Waals surface area contributed by atoms with Gasteiger partial charge < -0.3 is 0 Å². The summed E-state index contributed by atoms with van der Waals surface area (Å²) in [7, 11) is 0. The van der Waals surface area contributed by atoms with Gasteiger partial charge in [0.15, 0.2) is 0 Å². The molecule has 0 bridgehead atoms. The number of nitrogens with zero attached hydrogens (tertiary/aromatic N) is 1. The Kier molecular flexibility index (Phi) is 4.17. The lowest BCUT2D eigenvalue weighted by molar-refractivity contribution is -0.0801. The summed E-state index contributed by atoms with van der Waals surface area (Å²) in [6.45, 7) is -0.0583. The smallest absolute Gasteiger partial charge is 0.274 e. The van der Waals surface area contributed by atoms with E-state index in [1.165, 1.54) is 12.1 Å². The van der Waals surface area contributed by atoms with Gasteiger partial charge in [-0.05, 0) is 44.7 Å². The highest BCUT2D eigenvalue weighted by molar-refractivity contribution is 14.1. The van der Waals surface area contributed by atoms with Crippen LogP contribution >= 0.6 is 22.6 Å². The van der Waals surface area contributed by atoms with Crippen molar-refractivity contribution in [1.82, 2.24) is 4.90 Å². The molecule has 20 heavy (non-hydrogen) atoms. The number of halogens is 4. The first-order valence-corrected chi connectivity index (χ1v) is 6.76. The molecule has 7 heteroatoms. The molecule has 0 N–H and O–H groups in total. The van der Waals surface area contributed by atoms with Crippen molar-refractivity contribution in [1.29, 1.82) is 0 Å². The van der Waals surface area contributed by atoms with E-state index in [1.807, 2.05) is 0 Å². The van der Waals surface area contributed by atoms with Crippen LogP contribution in [-0.4, -0.2) is 29.4 Å². The van der Waals surface area contributed by atoms with Crippen LogP contribution in [0.5, 0.6) is 0 Å². The van der Waals surface area contributed by atoms with E-state index in [0.717, 1.165) is 4.90 Å². The topological polar surface area (TPSA) is 37.4 Å². The van der Waals surface area contributed by atoms with Crippen molar-refractivity contribution in [3.63, 3.8) is 0 Å². The first-order valence-electron chi connectivity index (χ1n) is 5.69. The SMILES string of the molecule is O=C1c2ccccc2C(=O)N1CCC(I)=CC(F)(F)F. The zero-order chi connectivity index (χ0) is 14.9. The highest BCUT2D eigenvalue weighted by atomic mass is 127. The van der Waals surface area contributed by atoms with Gasteiger partial charge in [0, 0.05) is 12.6 Å². The van der Waals surface area contributed by atoms with E-state index < -0.39 is 18.0 Å². The molecule has 0 saturated heterocycles. The maximum absolute atomic E-state index is 12.1. The van der Waals surface area contributed by atoms with Gasteiger partial charge in [-0.2, -0.15) is 13.2 Å². The molecule has 0 radical (unpaired) electrons. The van der Waals surface area contributed by atoms with E-state index in [4.69, 9.17) is 0 Å². The summed E-state index contributed by atoms with van der Waals surface area (Å²) in [5.41, 5.74) is 0.597. The first kappa shape index (κ1) is 15.0. The molecule has 1 heterocycles. The molecule has 2 rings (SSSR count). The normalized spacial score (nSPS) is 15.8. The molecule has 1 aliphatic rings. The molecule has 0 spiro atoms. The van der Waals surface area contributed by atoms with E-state index in [2.05, 4.69) is 0 Å². The van der Waals surface area contributed by atoms with Crippen LogP contribution < -0.4 is 0 Å². The summed E-state index contributed by atoms with van der Waals surface area (Å²) in [6, 6.07) is 6.35. The number of rotatable bonds is 3. The van der Waals surface area contributed by atoms with E-state index in [0.29, 0.717) is 11.1 Å². The van der Waals surface area contributed by atoms with Gasteiger partial charge in [0.05, 0.1) is 11.1 Å². The maximum Gasteiger partial charge on any atom is 0.410 e. The molecular weight excluding hydrogens is 386 g/mol. The summed E-state index contributed by atoms with van der Waals surface area (Å²) in [6.07, 6.45) is -4.23. The van der Waals surface area contributed by atoms with E-state index in [-0.39, 0.29) is 22.6 Å². The molecule has 2 amide bonds. The number of allylic oxidation sites excluding steroid dienone is 1. The molecule has 0 unspecified atom stereocenters. The van der Waals surface area contributed by atoms with Crippen molar-refractivity contribution in [3.05, 3.63) is 45.0 Å². The Hall–Kier alpha value is -1.38. The van der Waals surface area contributed by atoms with Gasteiger partial charge in [-0.1, -0.05) is 12.1 Å². The number of hydrogen-bond acceptors (Lipinski definition) is 2. The van der Waals surface area contributed by atoms with Crippen LogP contribution in [0.1, 0.15) is 27.1 Å². The Morgan fingerprint density at radius 2 is 1.65 bits per heavy atom. The lowest BCUT2D eigenvalue weighted by Crippen LogP contribution is -2.30. The van der Waals surface area contributed by atoms with Gasteiger partial charge in [-0.3, -0.25) is 14.5 Å². The van der Waals surface area contributed by atoms with Gasteiger partial charge in [-0.25, -0.2) is 0 Å². The van der Waals surface area contributed by atoms with Gasteiger partial charge in [0.1, 0.15) is 0 Å². The van der Waals surface area contributed by atoms with Crippen molar-refractivity contribution in [2.24, 2.45) is 0 Å². The predicted octanol–water partition coefficient (Wildman–Crippen LogP) is 3.55. The van der Waals surface area contributed by atoms with Gasteiger partial charge in [0.2, 0.25) is 0 Å². The monoisotopic (exact) mass is 395 g/mol. The van der Waals surface area contributed by atoms with E-state index >= 15 is 0 Å². The lowest BCUT2D eigenvalue weighted by Gasteiger charge is -2.13. The highest BCUT2D eigenvalue weighted by Gasteiger charge is 2.34. The minimum atomic E-state index is -4.39. The van der Waals surface area contributed by atoms with Crippen LogP contribution in [0.15, 0.2) is 33.9 Å². The number of hydrogen-bond donors (Lipinski definition) is 0. The van der Waals surface area contributed by atoms with E-state index in [1.54, 1.807) is 34.7 Å². The van der Waals surface area contributed by atoms with Crippen LogP contribution in [-0.2, 0) is 0 Å². The zero-order valence-electron chi connectivity index (χ0n) is 10.1. The van der Waals surface area contributed by atoms with Crippen molar-refractivity contribution < 1.29 is 22.8 Å². The summed E-state index contributed by atoms with van der Waals surface area (Å²) in [5, 5.41) is 0. The number of amides is 2. The number of fused-ring (bicyclic) bond motifs is 1. The average Bonchev–Trinajstić information content (AvgIpc) is 2.59. The summed E-state index contributed by atoms with van der Waals surface area (Å²) in [4.78, 5) is 24.9. The second-order valence-corrected chi connectivity index (χ2v) is 5.58. The number of carbonyl (C=O) groups is 2. The van der Waals surface area contributed by atoms with Crippen LogP contribution in [0, 0.1) is 0 Å². The fourth-order valence-corrected chi connectivity index (χ4v) is 2.50. The zero-order valence-corrected chi connectivity index (χ0v) is 12.2. The van der Waals surface area contributed by atoms with Crippen LogP contribution in [0.25, 0.3) is 0 Å². The van der Waals surface area contributed by atoms with Crippen molar-refractivity contribution in [3.8, 4) is 0 Å².